The minimum absolute atomic E-state index is 0.173. The summed E-state index contributed by atoms with van der Waals surface area (Å²) in [6.45, 7) is 2.53. The van der Waals surface area contributed by atoms with E-state index in [1.807, 2.05) is 6.07 Å². The number of nitrogens with zero attached hydrogens (tertiary/aromatic N) is 4. The first-order chi connectivity index (χ1) is 11.7. The van der Waals surface area contributed by atoms with E-state index in [9.17, 15) is 9.90 Å². The van der Waals surface area contributed by atoms with E-state index in [-0.39, 0.29) is 11.5 Å². The van der Waals surface area contributed by atoms with Crippen LogP contribution < -0.4 is 4.90 Å². The molecule has 1 atom stereocenters. The fourth-order valence-corrected chi connectivity index (χ4v) is 4.70. The van der Waals surface area contributed by atoms with Gasteiger partial charge in [-0.15, -0.1) is 0 Å². The van der Waals surface area contributed by atoms with Crippen molar-refractivity contribution in [2.75, 3.05) is 24.5 Å². The van der Waals surface area contributed by atoms with Crippen molar-refractivity contribution in [3.8, 4) is 0 Å². The van der Waals surface area contributed by atoms with Crippen molar-refractivity contribution in [2.24, 2.45) is 5.41 Å². The quantitative estimate of drug-likeness (QED) is 0.892. The van der Waals surface area contributed by atoms with Gasteiger partial charge in [-0.3, -0.25) is 4.79 Å². The standard InChI is InChI=1S/C18H26N4O2/c23-15-5-3-14(4-6-15)22-12-8-18(16(22)24)7-1-11-21(13-18)17-19-9-2-10-20-17/h2,9-10,14-15,23H,1,3-8,11-13H2/t14?,15?,18-/m0/s1. The normalized spacial score (nSPS) is 34.1. The fraction of sp³-hybridized carbons (Fsp3) is 0.722. The van der Waals surface area contributed by atoms with Gasteiger partial charge in [0.15, 0.2) is 0 Å². The summed E-state index contributed by atoms with van der Waals surface area (Å²) in [5, 5.41) is 9.71. The predicted molar refractivity (Wildman–Crippen MR) is 90.5 cm³/mol. The summed E-state index contributed by atoms with van der Waals surface area (Å²) in [5.74, 6) is 1.06. The Hall–Kier alpha value is -1.69. The number of rotatable bonds is 2. The molecular formula is C18H26N4O2. The van der Waals surface area contributed by atoms with Crippen molar-refractivity contribution in [1.82, 2.24) is 14.9 Å². The molecule has 24 heavy (non-hydrogen) atoms. The Morgan fingerprint density at radius 1 is 1.08 bits per heavy atom. The molecule has 0 unspecified atom stereocenters. The number of piperidine rings is 1. The lowest BCUT2D eigenvalue weighted by atomic mass is 9.78. The van der Waals surface area contributed by atoms with Gasteiger partial charge in [-0.1, -0.05) is 0 Å². The summed E-state index contributed by atoms with van der Waals surface area (Å²) in [5.41, 5.74) is -0.256. The number of likely N-dealkylation sites (tertiary alicyclic amines) is 1. The number of aliphatic hydroxyl groups is 1. The molecule has 6 heteroatoms. The van der Waals surface area contributed by atoms with Crippen molar-refractivity contribution < 1.29 is 9.90 Å². The van der Waals surface area contributed by atoms with E-state index >= 15 is 0 Å². The zero-order chi connectivity index (χ0) is 16.6. The van der Waals surface area contributed by atoms with Crippen LogP contribution in [0.3, 0.4) is 0 Å². The van der Waals surface area contributed by atoms with Crippen LogP contribution in [-0.2, 0) is 4.79 Å². The topological polar surface area (TPSA) is 69.6 Å². The van der Waals surface area contributed by atoms with Gasteiger partial charge in [0.2, 0.25) is 11.9 Å². The van der Waals surface area contributed by atoms with Gasteiger partial charge in [-0.2, -0.15) is 0 Å². The smallest absolute Gasteiger partial charge is 0.230 e. The molecule has 3 fully saturated rings. The Kier molecular flexibility index (Phi) is 4.16. The maximum atomic E-state index is 13.2. The lowest BCUT2D eigenvalue weighted by Gasteiger charge is -2.40. The molecule has 0 aromatic carbocycles. The number of carbonyl (C=O) groups excluding carboxylic acids is 1. The van der Waals surface area contributed by atoms with Crippen LogP contribution in [-0.4, -0.2) is 57.7 Å². The van der Waals surface area contributed by atoms with E-state index < -0.39 is 0 Å². The van der Waals surface area contributed by atoms with Gasteiger partial charge in [-0.05, 0) is 51.0 Å². The van der Waals surface area contributed by atoms with Gasteiger partial charge in [0.1, 0.15) is 0 Å². The van der Waals surface area contributed by atoms with Crippen LogP contribution >= 0.6 is 0 Å². The minimum Gasteiger partial charge on any atom is -0.393 e. The molecule has 130 valence electrons. The van der Waals surface area contributed by atoms with E-state index in [0.717, 1.165) is 70.5 Å². The molecule has 3 aliphatic rings. The summed E-state index contributed by atoms with van der Waals surface area (Å²) in [4.78, 5) is 26.2. The molecule has 6 nitrogen and oxygen atoms in total. The minimum atomic E-state index is -0.256. The predicted octanol–water partition coefficient (Wildman–Crippen LogP) is 1.60. The Bertz CT molecular complexity index is 588. The number of aliphatic hydroxyl groups excluding tert-OH is 1. The van der Waals surface area contributed by atoms with Gasteiger partial charge in [-0.25, -0.2) is 9.97 Å². The van der Waals surface area contributed by atoms with Gasteiger partial charge in [0, 0.05) is 38.1 Å². The average Bonchev–Trinajstić information content (AvgIpc) is 2.93. The highest BCUT2D eigenvalue weighted by Crippen LogP contribution is 2.42. The van der Waals surface area contributed by atoms with Gasteiger partial charge >= 0.3 is 0 Å². The number of hydrogen-bond acceptors (Lipinski definition) is 5. The maximum Gasteiger partial charge on any atom is 0.230 e. The number of anilines is 1. The molecule has 1 aromatic rings. The summed E-state index contributed by atoms with van der Waals surface area (Å²) in [6.07, 6.45) is 9.81. The van der Waals surface area contributed by atoms with Gasteiger partial charge in [0.05, 0.1) is 11.5 Å². The van der Waals surface area contributed by atoms with Crippen LogP contribution in [0.15, 0.2) is 18.5 Å². The van der Waals surface area contributed by atoms with E-state index in [2.05, 4.69) is 19.8 Å². The second kappa shape index (κ2) is 6.31. The summed E-state index contributed by atoms with van der Waals surface area (Å²) < 4.78 is 0. The molecule has 2 saturated heterocycles. The number of amides is 1. The third-order valence-corrected chi connectivity index (χ3v) is 6.06. The van der Waals surface area contributed by atoms with Gasteiger partial charge < -0.3 is 14.9 Å². The van der Waals surface area contributed by atoms with Crippen LogP contribution in [0.1, 0.15) is 44.9 Å². The highest BCUT2D eigenvalue weighted by atomic mass is 16.3. The van der Waals surface area contributed by atoms with Crippen molar-refractivity contribution in [1.29, 1.82) is 0 Å². The van der Waals surface area contributed by atoms with Crippen molar-refractivity contribution in [2.45, 2.75) is 57.1 Å². The molecule has 1 aromatic heterocycles. The average molecular weight is 330 g/mol. The number of hydrogen-bond donors (Lipinski definition) is 1. The Balaban J connectivity index is 1.48. The number of aromatic nitrogens is 2. The zero-order valence-electron chi connectivity index (χ0n) is 14.1. The zero-order valence-corrected chi connectivity index (χ0v) is 14.1. The molecule has 1 aliphatic carbocycles. The fourth-order valence-electron chi connectivity index (χ4n) is 4.70. The Labute approximate surface area is 142 Å². The first-order valence-corrected chi connectivity index (χ1v) is 9.19. The Morgan fingerprint density at radius 3 is 2.58 bits per heavy atom. The van der Waals surface area contributed by atoms with Crippen LogP contribution in [0.5, 0.6) is 0 Å². The van der Waals surface area contributed by atoms with E-state index in [0.29, 0.717) is 11.9 Å². The SMILES string of the molecule is O=C1N(C2CCC(O)CC2)CC[C@]12CCCN(c1ncccn1)C2. The van der Waals surface area contributed by atoms with Crippen LogP contribution in [0, 0.1) is 5.41 Å². The lowest BCUT2D eigenvalue weighted by molar-refractivity contribution is -0.139. The summed E-state index contributed by atoms with van der Waals surface area (Å²) >= 11 is 0. The van der Waals surface area contributed by atoms with Crippen molar-refractivity contribution in [3.63, 3.8) is 0 Å². The van der Waals surface area contributed by atoms with Crippen LogP contribution in [0.2, 0.25) is 0 Å². The number of carbonyl (C=O) groups is 1. The van der Waals surface area contributed by atoms with Crippen LogP contribution in [0.4, 0.5) is 5.95 Å². The largest absolute Gasteiger partial charge is 0.393 e. The molecule has 0 bridgehead atoms. The van der Waals surface area contributed by atoms with Gasteiger partial charge in [0.25, 0.3) is 0 Å². The lowest BCUT2D eigenvalue weighted by Crippen LogP contribution is -2.50. The third-order valence-electron chi connectivity index (χ3n) is 6.06. The molecular weight excluding hydrogens is 304 g/mol. The molecule has 4 rings (SSSR count). The molecule has 0 radical (unpaired) electrons. The van der Waals surface area contributed by atoms with Crippen LogP contribution in [0.25, 0.3) is 0 Å². The van der Waals surface area contributed by atoms with Crippen molar-refractivity contribution >= 4 is 11.9 Å². The first kappa shape index (κ1) is 15.8. The maximum absolute atomic E-state index is 13.2. The second-order valence-electron chi connectivity index (χ2n) is 7.57. The summed E-state index contributed by atoms with van der Waals surface area (Å²) in [7, 11) is 0. The monoisotopic (exact) mass is 330 g/mol. The second-order valence-corrected chi connectivity index (χ2v) is 7.57. The molecule has 1 N–H and O–H groups in total. The molecule has 3 heterocycles. The Morgan fingerprint density at radius 2 is 1.83 bits per heavy atom. The molecule has 1 saturated carbocycles. The van der Waals surface area contributed by atoms with E-state index in [4.69, 9.17) is 0 Å². The first-order valence-electron chi connectivity index (χ1n) is 9.19. The molecule has 1 spiro atoms. The van der Waals surface area contributed by atoms with Crippen molar-refractivity contribution in [3.05, 3.63) is 18.5 Å². The molecule has 1 amide bonds. The summed E-state index contributed by atoms with van der Waals surface area (Å²) in [6, 6.07) is 2.15. The molecule has 2 aliphatic heterocycles. The third kappa shape index (κ3) is 2.77. The highest BCUT2D eigenvalue weighted by molar-refractivity contribution is 5.86. The highest BCUT2D eigenvalue weighted by Gasteiger charge is 2.50. The van der Waals surface area contributed by atoms with E-state index in [1.165, 1.54) is 0 Å². The van der Waals surface area contributed by atoms with E-state index in [1.54, 1.807) is 12.4 Å².